The van der Waals surface area contributed by atoms with Gasteiger partial charge in [0.05, 0.1) is 17.6 Å². The molecule has 3 heteroatoms. The number of carbonyl (C=O) groups is 1. The minimum Gasteiger partial charge on any atom is -0.481 e. The number of rotatable bonds is 5. The molecule has 1 atom stereocenters. The zero-order valence-electron chi connectivity index (χ0n) is 11.3. The lowest BCUT2D eigenvalue weighted by Crippen LogP contribution is -2.16. The summed E-state index contributed by atoms with van der Waals surface area (Å²) in [6.45, 7) is 5.97. The van der Waals surface area contributed by atoms with Gasteiger partial charge in [0, 0.05) is 0 Å². The number of aliphatic carboxylic acids is 1. The molecule has 0 radical (unpaired) electrons. The highest BCUT2D eigenvalue weighted by atomic mass is 16.4. The number of nitriles is 1. The molecule has 0 fully saturated rings. The summed E-state index contributed by atoms with van der Waals surface area (Å²) >= 11 is 0. The molecule has 0 heterocycles. The normalized spacial score (nSPS) is 10.8. The van der Waals surface area contributed by atoms with Crippen LogP contribution in [-0.2, 0) is 11.2 Å². The van der Waals surface area contributed by atoms with Crippen molar-refractivity contribution < 1.29 is 9.90 Å². The summed E-state index contributed by atoms with van der Waals surface area (Å²) in [7, 11) is 0. The van der Waals surface area contributed by atoms with E-state index < -0.39 is 5.97 Å². The van der Waals surface area contributed by atoms with Gasteiger partial charge >= 0.3 is 5.97 Å². The number of hydrogen-bond donors (Lipinski definition) is 1. The van der Waals surface area contributed by atoms with Crippen LogP contribution in [0.15, 0.2) is 24.3 Å². The molecule has 0 saturated carbocycles. The average Bonchev–Trinajstić information content (AvgIpc) is 2.40. The monoisotopic (exact) mass is 247 g/mol. The summed E-state index contributed by atoms with van der Waals surface area (Å²) in [6, 6.07) is 9.19. The maximum atomic E-state index is 11.0. The summed E-state index contributed by atoms with van der Waals surface area (Å²) in [5.41, 5.74) is 1.50. The van der Waals surface area contributed by atoms with Gasteiger partial charge in [-0.15, -0.1) is 0 Å². The predicted molar refractivity (Wildman–Crippen MR) is 72.2 cm³/mol. The Balaban J connectivity index is 0.00000137. The number of carboxylic acids is 1. The van der Waals surface area contributed by atoms with Gasteiger partial charge in [-0.25, -0.2) is 0 Å². The molecule has 1 unspecified atom stereocenters. The van der Waals surface area contributed by atoms with Crippen LogP contribution in [0.4, 0.5) is 0 Å². The van der Waals surface area contributed by atoms with E-state index in [1.54, 1.807) is 18.2 Å². The van der Waals surface area contributed by atoms with Gasteiger partial charge in [-0.2, -0.15) is 5.26 Å². The van der Waals surface area contributed by atoms with Gasteiger partial charge < -0.3 is 5.11 Å². The molecule has 0 spiro atoms. The molecule has 0 aliphatic carbocycles. The molecule has 0 aromatic heterocycles. The van der Waals surface area contributed by atoms with Gasteiger partial charge in [0.25, 0.3) is 0 Å². The Morgan fingerprint density at radius 2 is 2.11 bits per heavy atom. The lowest BCUT2D eigenvalue weighted by molar-refractivity contribution is -0.141. The van der Waals surface area contributed by atoms with E-state index in [9.17, 15) is 4.79 Å². The molecule has 1 rings (SSSR count). The van der Waals surface area contributed by atoms with E-state index in [0.29, 0.717) is 18.4 Å². The molecule has 3 nitrogen and oxygen atoms in total. The molecule has 1 aromatic rings. The van der Waals surface area contributed by atoms with E-state index in [0.717, 1.165) is 12.0 Å². The Labute approximate surface area is 109 Å². The third kappa shape index (κ3) is 5.49. The van der Waals surface area contributed by atoms with E-state index in [4.69, 9.17) is 10.4 Å². The van der Waals surface area contributed by atoms with Crippen LogP contribution in [0.5, 0.6) is 0 Å². The van der Waals surface area contributed by atoms with Crippen LogP contribution < -0.4 is 0 Å². The molecule has 98 valence electrons. The van der Waals surface area contributed by atoms with Crippen LogP contribution in [0.3, 0.4) is 0 Å². The van der Waals surface area contributed by atoms with Crippen molar-refractivity contribution in [3.8, 4) is 6.07 Å². The van der Waals surface area contributed by atoms with E-state index in [1.807, 2.05) is 26.8 Å². The first-order chi connectivity index (χ1) is 8.67. The van der Waals surface area contributed by atoms with Crippen molar-refractivity contribution in [3.05, 3.63) is 35.4 Å². The highest BCUT2D eigenvalue weighted by molar-refractivity contribution is 5.70. The lowest BCUT2D eigenvalue weighted by atomic mass is 9.94. The molecular weight excluding hydrogens is 226 g/mol. The fraction of sp³-hybridized carbons (Fsp3) is 0.467. The highest BCUT2D eigenvalue weighted by Crippen LogP contribution is 2.15. The molecule has 0 aliphatic heterocycles. The second-order valence-corrected chi connectivity index (χ2v) is 3.84. The Morgan fingerprint density at radius 1 is 1.44 bits per heavy atom. The quantitative estimate of drug-likeness (QED) is 0.864. The minimum absolute atomic E-state index is 0.348. The average molecular weight is 247 g/mol. The smallest absolute Gasteiger partial charge is 0.306 e. The Morgan fingerprint density at radius 3 is 2.61 bits per heavy atom. The zero-order chi connectivity index (χ0) is 14.0. The molecule has 1 aromatic carbocycles. The number of hydrogen-bond acceptors (Lipinski definition) is 2. The third-order valence-electron chi connectivity index (χ3n) is 2.52. The summed E-state index contributed by atoms with van der Waals surface area (Å²) in [6.07, 6.45) is 2.03. The Hall–Kier alpha value is -1.82. The molecule has 0 bridgehead atoms. The number of carboxylic acid groups (broad SMARTS) is 1. The first-order valence-corrected chi connectivity index (χ1v) is 6.39. The van der Waals surface area contributed by atoms with Crippen molar-refractivity contribution >= 4 is 5.97 Å². The Kier molecular flexibility index (Phi) is 8.30. The second-order valence-electron chi connectivity index (χ2n) is 3.84. The molecular formula is C15H21NO2. The molecule has 1 N–H and O–H groups in total. The van der Waals surface area contributed by atoms with Gasteiger partial charge in [-0.05, 0) is 30.5 Å². The number of nitrogens with zero attached hydrogens (tertiary/aromatic N) is 1. The summed E-state index contributed by atoms with van der Waals surface area (Å²) in [5.74, 6) is -1.11. The van der Waals surface area contributed by atoms with E-state index >= 15 is 0 Å². The standard InChI is InChI=1S/C13H15NO2.C2H6/c1-2-4-12(13(15)16)8-10-5-3-6-11(7-10)9-14;1-2/h3,5-7,12H,2,4,8H2,1H3,(H,15,16);1-2H3. The van der Waals surface area contributed by atoms with Gasteiger partial charge in [-0.1, -0.05) is 39.3 Å². The van der Waals surface area contributed by atoms with E-state index in [-0.39, 0.29) is 5.92 Å². The first-order valence-electron chi connectivity index (χ1n) is 6.39. The third-order valence-corrected chi connectivity index (χ3v) is 2.52. The molecule has 0 saturated heterocycles. The number of benzene rings is 1. The maximum Gasteiger partial charge on any atom is 0.306 e. The SMILES string of the molecule is CC.CCCC(Cc1cccc(C#N)c1)C(=O)O. The largest absolute Gasteiger partial charge is 0.481 e. The highest BCUT2D eigenvalue weighted by Gasteiger charge is 2.16. The topological polar surface area (TPSA) is 61.1 Å². The minimum atomic E-state index is -0.760. The van der Waals surface area contributed by atoms with Crippen LogP contribution in [0.2, 0.25) is 0 Å². The van der Waals surface area contributed by atoms with Crippen LogP contribution in [-0.4, -0.2) is 11.1 Å². The van der Waals surface area contributed by atoms with E-state index in [1.165, 1.54) is 0 Å². The van der Waals surface area contributed by atoms with Crippen LogP contribution in [0.1, 0.15) is 44.7 Å². The van der Waals surface area contributed by atoms with Gasteiger partial charge in [-0.3, -0.25) is 4.79 Å². The second kappa shape index (κ2) is 9.23. The molecule has 0 aliphatic rings. The molecule has 0 amide bonds. The fourth-order valence-corrected chi connectivity index (χ4v) is 1.71. The fourth-order valence-electron chi connectivity index (χ4n) is 1.71. The molecule has 18 heavy (non-hydrogen) atoms. The summed E-state index contributed by atoms with van der Waals surface area (Å²) in [4.78, 5) is 11.0. The van der Waals surface area contributed by atoms with Crippen molar-refractivity contribution in [2.75, 3.05) is 0 Å². The van der Waals surface area contributed by atoms with Gasteiger partial charge in [0.2, 0.25) is 0 Å². The van der Waals surface area contributed by atoms with Crippen molar-refractivity contribution in [2.24, 2.45) is 5.92 Å². The van der Waals surface area contributed by atoms with Crippen molar-refractivity contribution in [1.29, 1.82) is 5.26 Å². The first kappa shape index (κ1) is 16.2. The van der Waals surface area contributed by atoms with Crippen molar-refractivity contribution in [3.63, 3.8) is 0 Å². The van der Waals surface area contributed by atoms with Crippen molar-refractivity contribution in [2.45, 2.75) is 40.0 Å². The van der Waals surface area contributed by atoms with Crippen LogP contribution >= 0.6 is 0 Å². The summed E-state index contributed by atoms with van der Waals surface area (Å²) in [5, 5.41) is 17.8. The Bertz CT molecular complexity index is 407. The maximum absolute atomic E-state index is 11.0. The lowest BCUT2D eigenvalue weighted by Gasteiger charge is -2.10. The van der Waals surface area contributed by atoms with Gasteiger partial charge in [0.1, 0.15) is 0 Å². The predicted octanol–water partition coefficient (Wildman–Crippen LogP) is 3.63. The van der Waals surface area contributed by atoms with Crippen LogP contribution in [0, 0.1) is 17.2 Å². The zero-order valence-corrected chi connectivity index (χ0v) is 11.3. The van der Waals surface area contributed by atoms with Gasteiger partial charge in [0.15, 0.2) is 0 Å². The van der Waals surface area contributed by atoms with E-state index in [2.05, 4.69) is 6.07 Å². The van der Waals surface area contributed by atoms with Crippen molar-refractivity contribution in [1.82, 2.24) is 0 Å². The summed E-state index contributed by atoms with van der Waals surface area (Å²) < 4.78 is 0. The van der Waals surface area contributed by atoms with Crippen LogP contribution in [0.25, 0.3) is 0 Å².